The topological polar surface area (TPSA) is 15.3 Å². The maximum atomic E-state index is 12.2. The van der Waals surface area contributed by atoms with Gasteiger partial charge < -0.3 is 5.32 Å². The van der Waals surface area contributed by atoms with Crippen LogP contribution in [0.5, 0.6) is 0 Å². The highest BCUT2D eigenvalue weighted by Gasteiger charge is 2.28. The van der Waals surface area contributed by atoms with E-state index in [4.69, 9.17) is 0 Å². The summed E-state index contributed by atoms with van der Waals surface area (Å²) in [5, 5.41) is 3.01. The number of hydrogen-bond acceptors (Lipinski definition) is 2. The molecule has 0 aliphatic heterocycles. The van der Waals surface area contributed by atoms with Crippen LogP contribution in [-0.4, -0.2) is 31.7 Å². The van der Waals surface area contributed by atoms with Gasteiger partial charge in [0.2, 0.25) is 0 Å². The number of hydrogen-bond donors (Lipinski definition) is 1. The van der Waals surface area contributed by atoms with Crippen LogP contribution in [0.4, 0.5) is 13.2 Å². The fourth-order valence-corrected chi connectivity index (χ4v) is 1.72. The Bertz CT molecular complexity index is 350. The molecule has 0 radical (unpaired) electrons. The Morgan fingerprint density at radius 1 is 1.24 bits per heavy atom. The van der Waals surface area contributed by atoms with Crippen LogP contribution in [0.2, 0.25) is 0 Å². The van der Waals surface area contributed by atoms with E-state index in [9.17, 15) is 13.2 Å². The third-order valence-electron chi connectivity index (χ3n) is 2.27. The zero-order valence-electron chi connectivity index (χ0n) is 10.0. The first-order valence-corrected chi connectivity index (χ1v) is 5.38. The molecule has 2 nitrogen and oxygen atoms in total. The first-order valence-electron chi connectivity index (χ1n) is 5.38. The Morgan fingerprint density at radius 2 is 1.88 bits per heavy atom. The van der Waals surface area contributed by atoms with Gasteiger partial charge in [0.1, 0.15) is 0 Å². The molecule has 0 amide bonds. The molecule has 0 saturated carbocycles. The lowest BCUT2D eigenvalue weighted by molar-refractivity contribution is -0.144. The smallest absolute Gasteiger partial charge is 0.316 e. The van der Waals surface area contributed by atoms with Gasteiger partial charge in [-0.05, 0) is 25.2 Å². The van der Waals surface area contributed by atoms with Crippen molar-refractivity contribution in [1.29, 1.82) is 0 Å². The third kappa shape index (κ3) is 5.70. The van der Waals surface area contributed by atoms with Crippen molar-refractivity contribution in [2.24, 2.45) is 0 Å². The molecule has 1 aromatic carbocycles. The van der Waals surface area contributed by atoms with E-state index in [0.717, 1.165) is 17.7 Å². The van der Waals surface area contributed by atoms with Crippen LogP contribution in [0, 0.1) is 0 Å². The molecule has 0 aliphatic carbocycles. The summed E-state index contributed by atoms with van der Waals surface area (Å²) in [5.74, 6) is 0. The lowest BCUT2D eigenvalue weighted by Gasteiger charge is -2.18. The van der Waals surface area contributed by atoms with Crippen molar-refractivity contribution in [2.45, 2.75) is 19.3 Å². The number of nitrogens with zero attached hydrogens (tertiary/aromatic N) is 1. The van der Waals surface area contributed by atoms with Crippen LogP contribution in [0.25, 0.3) is 0 Å². The largest absolute Gasteiger partial charge is 0.401 e. The molecule has 0 spiro atoms. The predicted molar refractivity (Wildman–Crippen MR) is 61.6 cm³/mol. The average molecular weight is 246 g/mol. The van der Waals surface area contributed by atoms with E-state index in [1.165, 1.54) is 11.9 Å². The molecule has 1 rings (SSSR count). The van der Waals surface area contributed by atoms with Gasteiger partial charge in [0.15, 0.2) is 0 Å². The van der Waals surface area contributed by atoms with Gasteiger partial charge in [-0.2, -0.15) is 13.2 Å². The van der Waals surface area contributed by atoms with Crippen LogP contribution in [0.3, 0.4) is 0 Å². The van der Waals surface area contributed by atoms with Crippen LogP contribution in [0.1, 0.15) is 11.1 Å². The average Bonchev–Trinajstić information content (AvgIpc) is 2.15. The Labute approximate surface area is 99.4 Å². The number of benzene rings is 1. The summed E-state index contributed by atoms with van der Waals surface area (Å²) in [5.41, 5.74) is 1.97. The normalized spacial score (nSPS) is 12.1. The molecule has 0 unspecified atom stereocenters. The minimum absolute atomic E-state index is 0.303. The van der Waals surface area contributed by atoms with E-state index < -0.39 is 12.7 Å². The van der Waals surface area contributed by atoms with Crippen molar-refractivity contribution >= 4 is 0 Å². The standard InChI is InChI=1S/C12H17F3N2/c1-16-7-10-4-3-5-11(6-10)8-17(2)9-12(13,14)15/h3-6,16H,7-9H2,1-2H3. The molecule has 1 aromatic rings. The molecule has 96 valence electrons. The lowest BCUT2D eigenvalue weighted by Crippen LogP contribution is -2.30. The molecule has 0 heterocycles. The number of alkyl halides is 3. The highest BCUT2D eigenvalue weighted by molar-refractivity contribution is 5.23. The van der Waals surface area contributed by atoms with Crippen molar-refractivity contribution in [3.05, 3.63) is 35.4 Å². The third-order valence-corrected chi connectivity index (χ3v) is 2.27. The second-order valence-electron chi connectivity index (χ2n) is 4.14. The van der Waals surface area contributed by atoms with Crippen LogP contribution in [-0.2, 0) is 13.1 Å². The van der Waals surface area contributed by atoms with Gasteiger partial charge in [0.25, 0.3) is 0 Å². The Balaban J connectivity index is 2.58. The molecule has 5 heteroatoms. The molecule has 0 bridgehead atoms. The van der Waals surface area contributed by atoms with Gasteiger partial charge >= 0.3 is 6.18 Å². The number of halogens is 3. The van der Waals surface area contributed by atoms with E-state index in [1.54, 1.807) is 0 Å². The first kappa shape index (κ1) is 14.0. The van der Waals surface area contributed by atoms with Crippen molar-refractivity contribution in [2.75, 3.05) is 20.6 Å². The van der Waals surface area contributed by atoms with Crippen molar-refractivity contribution < 1.29 is 13.2 Å². The number of rotatable bonds is 5. The minimum Gasteiger partial charge on any atom is -0.316 e. The van der Waals surface area contributed by atoms with Gasteiger partial charge in [0, 0.05) is 13.1 Å². The summed E-state index contributed by atoms with van der Waals surface area (Å²) in [6.45, 7) is 0.136. The van der Waals surface area contributed by atoms with E-state index in [1.807, 2.05) is 31.3 Å². The molecular formula is C12H17F3N2. The van der Waals surface area contributed by atoms with Crippen LogP contribution in [0.15, 0.2) is 24.3 Å². The summed E-state index contributed by atoms with van der Waals surface area (Å²) >= 11 is 0. The second-order valence-corrected chi connectivity index (χ2v) is 4.14. The Hall–Kier alpha value is -1.07. The molecule has 0 fully saturated rings. The molecule has 0 atom stereocenters. The van der Waals surface area contributed by atoms with Crippen LogP contribution >= 0.6 is 0 Å². The minimum atomic E-state index is -4.14. The summed E-state index contributed by atoms with van der Waals surface area (Å²) in [4.78, 5) is 1.26. The maximum absolute atomic E-state index is 12.2. The molecular weight excluding hydrogens is 229 g/mol. The molecule has 17 heavy (non-hydrogen) atoms. The monoisotopic (exact) mass is 246 g/mol. The fourth-order valence-electron chi connectivity index (χ4n) is 1.72. The van der Waals surface area contributed by atoms with Gasteiger partial charge in [-0.15, -0.1) is 0 Å². The zero-order chi connectivity index (χ0) is 12.9. The van der Waals surface area contributed by atoms with Gasteiger partial charge in [0.05, 0.1) is 6.54 Å². The van der Waals surface area contributed by atoms with E-state index in [-0.39, 0.29) is 0 Å². The lowest BCUT2D eigenvalue weighted by atomic mass is 10.1. The van der Waals surface area contributed by atoms with Gasteiger partial charge in [-0.3, -0.25) is 4.90 Å². The predicted octanol–water partition coefficient (Wildman–Crippen LogP) is 2.40. The van der Waals surface area contributed by atoms with Crippen LogP contribution < -0.4 is 5.32 Å². The van der Waals surface area contributed by atoms with Crippen molar-refractivity contribution in [3.8, 4) is 0 Å². The highest BCUT2D eigenvalue weighted by atomic mass is 19.4. The van der Waals surface area contributed by atoms with Gasteiger partial charge in [-0.1, -0.05) is 24.3 Å². The summed E-state index contributed by atoms with van der Waals surface area (Å²) in [6.07, 6.45) is -4.14. The van der Waals surface area contributed by atoms with Crippen molar-refractivity contribution in [3.63, 3.8) is 0 Å². The molecule has 0 saturated heterocycles. The Kier molecular flexibility index (Phi) is 4.96. The number of nitrogens with one attached hydrogen (secondary N) is 1. The molecule has 1 N–H and O–H groups in total. The maximum Gasteiger partial charge on any atom is 0.401 e. The molecule has 0 aromatic heterocycles. The molecule has 0 aliphatic rings. The fraction of sp³-hybridized carbons (Fsp3) is 0.500. The SMILES string of the molecule is CNCc1cccc(CN(C)CC(F)(F)F)c1. The quantitative estimate of drug-likeness (QED) is 0.858. The first-order chi connectivity index (χ1) is 7.90. The second kappa shape index (κ2) is 6.02. The highest BCUT2D eigenvalue weighted by Crippen LogP contribution is 2.17. The van der Waals surface area contributed by atoms with E-state index in [0.29, 0.717) is 6.54 Å². The Morgan fingerprint density at radius 3 is 2.47 bits per heavy atom. The van der Waals surface area contributed by atoms with E-state index in [2.05, 4.69) is 5.32 Å². The van der Waals surface area contributed by atoms with Crippen molar-refractivity contribution in [1.82, 2.24) is 10.2 Å². The zero-order valence-corrected chi connectivity index (χ0v) is 10.0. The summed E-state index contributed by atoms with van der Waals surface area (Å²) < 4.78 is 36.5. The van der Waals surface area contributed by atoms with Gasteiger partial charge in [-0.25, -0.2) is 0 Å². The van der Waals surface area contributed by atoms with E-state index >= 15 is 0 Å². The summed E-state index contributed by atoms with van der Waals surface area (Å²) in [6, 6.07) is 7.57. The summed E-state index contributed by atoms with van der Waals surface area (Å²) in [7, 11) is 3.31.